The van der Waals surface area contributed by atoms with Crippen molar-refractivity contribution in [3.05, 3.63) is 10.3 Å². The molecule has 0 aliphatic heterocycles. The van der Waals surface area contributed by atoms with Crippen molar-refractivity contribution in [3.8, 4) is 0 Å². The fraction of sp³-hybridized carbons (Fsp3) is 0.818. The van der Waals surface area contributed by atoms with Crippen molar-refractivity contribution in [2.45, 2.75) is 19.4 Å². The molecule has 1 unspecified atom stereocenters. The first kappa shape index (κ1) is 15.6. The topological polar surface area (TPSA) is 61.2 Å². The maximum absolute atomic E-state index is 5.59. The van der Waals surface area contributed by atoms with E-state index in [1.807, 2.05) is 7.05 Å². The number of nitrogens with zero attached hydrogens (tertiary/aromatic N) is 3. The van der Waals surface area contributed by atoms with Gasteiger partial charge in [-0.25, -0.2) is 4.68 Å². The summed E-state index contributed by atoms with van der Waals surface area (Å²) in [6.45, 7) is 4.82. The lowest BCUT2D eigenvalue weighted by atomic mass is 10.2. The van der Waals surface area contributed by atoms with Crippen LogP contribution in [0.1, 0.15) is 25.1 Å². The number of ether oxygens (including phenoxy) is 2. The quantitative estimate of drug-likeness (QED) is 0.694. The molecule has 6 nitrogen and oxygen atoms in total. The lowest BCUT2D eigenvalue weighted by molar-refractivity contribution is 0.0574. The third-order valence-electron chi connectivity index (χ3n) is 2.51. The van der Waals surface area contributed by atoms with Crippen LogP contribution >= 0.6 is 15.9 Å². The Hall–Kier alpha value is -0.500. The zero-order valence-corrected chi connectivity index (χ0v) is 12.7. The summed E-state index contributed by atoms with van der Waals surface area (Å²) in [6, 6.07) is 0.0798. The monoisotopic (exact) mass is 320 g/mol. The van der Waals surface area contributed by atoms with Crippen molar-refractivity contribution in [1.82, 2.24) is 20.3 Å². The molecule has 0 saturated carbocycles. The third kappa shape index (κ3) is 4.64. The van der Waals surface area contributed by atoms with Crippen LogP contribution in [0.15, 0.2) is 4.60 Å². The van der Waals surface area contributed by atoms with Gasteiger partial charge in [0.1, 0.15) is 0 Å². The Balaban J connectivity index is 2.60. The van der Waals surface area contributed by atoms with Gasteiger partial charge in [-0.05, 0) is 28.9 Å². The Morgan fingerprint density at radius 1 is 1.44 bits per heavy atom. The van der Waals surface area contributed by atoms with Crippen molar-refractivity contribution in [2.24, 2.45) is 7.05 Å². The molecule has 0 aromatic carbocycles. The van der Waals surface area contributed by atoms with Gasteiger partial charge in [0, 0.05) is 14.2 Å². The number of hydrogen-bond donors (Lipinski definition) is 1. The van der Waals surface area contributed by atoms with Crippen molar-refractivity contribution in [2.75, 3.05) is 33.5 Å². The summed E-state index contributed by atoms with van der Waals surface area (Å²) in [5, 5.41) is 11.4. The summed E-state index contributed by atoms with van der Waals surface area (Å²) in [7, 11) is 3.54. The fourth-order valence-electron chi connectivity index (χ4n) is 1.61. The van der Waals surface area contributed by atoms with E-state index in [2.05, 4.69) is 38.5 Å². The minimum atomic E-state index is 0.0798. The van der Waals surface area contributed by atoms with Crippen molar-refractivity contribution < 1.29 is 9.47 Å². The Bertz CT molecular complexity index is 326. The van der Waals surface area contributed by atoms with Crippen LogP contribution in [0.3, 0.4) is 0 Å². The van der Waals surface area contributed by atoms with Crippen LogP contribution in [-0.2, 0) is 16.5 Å². The van der Waals surface area contributed by atoms with E-state index >= 15 is 0 Å². The molecule has 1 N–H and O–H groups in total. The highest BCUT2D eigenvalue weighted by Gasteiger charge is 2.19. The fourth-order valence-corrected chi connectivity index (χ4v) is 2.21. The Kier molecular flexibility index (Phi) is 7.41. The molecule has 0 aliphatic rings. The molecule has 0 amide bonds. The highest BCUT2D eigenvalue weighted by Crippen LogP contribution is 2.20. The highest BCUT2D eigenvalue weighted by atomic mass is 79.9. The van der Waals surface area contributed by atoms with Crippen LogP contribution in [-0.4, -0.2) is 48.5 Å². The lowest BCUT2D eigenvalue weighted by Crippen LogP contribution is -2.29. The SMILES string of the molecule is CCCNC(COCCOC)c1c(Br)nnn1C. The molecule has 0 fully saturated rings. The van der Waals surface area contributed by atoms with Crippen LogP contribution in [0.5, 0.6) is 0 Å². The molecule has 1 atom stereocenters. The number of aryl methyl sites for hydroxylation is 1. The molecule has 18 heavy (non-hydrogen) atoms. The van der Waals surface area contributed by atoms with Crippen LogP contribution in [0.4, 0.5) is 0 Å². The number of aromatic nitrogens is 3. The second kappa shape index (κ2) is 8.58. The summed E-state index contributed by atoms with van der Waals surface area (Å²) >= 11 is 3.42. The molecule has 1 aromatic rings. The second-order valence-electron chi connectivity index (χ2n) is 3.96. The van der Waals surface area contributed by atoms with Gasteiger partial charge in [0.2, 0.25) is 0 Å². The zero-order valence-electron chi connectivity index (χ0n) is 11.1. The average Bonchev–Trinajstić information content (AvgIpc) is 2.69. The van der Waals surface area contributed by atoms with Crippen LogP contribution in [0.25, 0.3) is 0 Å². The van der Waals surface area contributed by atoms with E-state index in [1.54, 1.807) is 11.8 Å². The van der Waals surface area contributed by atoms with E-state index in [0.29, 0.717) is 19.8 Å². The molecule has 0 saturated heterocycles. The minimum absolute atomic E-state index is 0.0798. The Labute approximate surface area is 116 Å². The smallest absolute Gasteiger partial charge is 0.153 e. The molecule has 0 radical (unpaired) electrons. The molecule has 0 aliphatic carbocycles. The summed E-state index contributed by atoms with van der Waals surface area (Å²) in [4.78, 5) is 0. The number of hydrogen-bond acceptors (Lipinski definition) is 5. The van der Waals surface area contributed by atoms with E-state index in [9.17, 15) is 0 Å². The molecule has 7 heteroatoms. The molecular weight excluding hydrogens is 300 g/mol. The maximum Gasteiger partial charge on any atom is 0.153 e. The average molecular weight is 321 g/mol. The van der Waals surface area contributed by atoms with Crippen molar-refractivity contribution in [1.29, 1.82) is 0 Å². The van der Waals surface area contributed by atoms with Gasteiger partial charge >= 0.3 is 0 Å². The summed E-state index contributed by atoms with van der Waals surface area (Å²) in [5.74, 6) is 0. The summed E-state index contributed by atoms with van der Waals surface area (Å²) in [5.41, 5.74) is 1.00. The van der Waals surface area contributed by atoms with E-state index in [-0.39, 0.29) is 6.04 Å². The molecule has 104 valence electrons. The van der Waals surface area contributed by atoms with Gasteiger partial charge in [0.25, 0.3) is 0 Å². The normalized spacial score (nSPS) is 12.9. The van der Waals surface area contributed by atoms with Crippen molar-refractivity contribution in [3.63, 3.8) is 0 Å². The molecule has 1 heterocycles. The first-order valence-corrected chi connectivity index (χ1v) is 6.85. The predicted molar refractivity (Wildman–Crippen MR) is 72.4 cm³/mol. The molecule has 1 aromatic heterocycles. The predicted octanol–water partition coefficient (Wildman–Crippen LogP) is 1.28. The minimum Gasteiger partial charge on any atom is -0.382 e. The van der Waals surface area contributed by atoms with Crippen LogP contribution < -0.4 is 5.32 Å². The first-order chi connectivity index (χ1) is 8.70. The molecular formula is C11H21BrN4O2. The van der Waals surface area contributed by atoms with Gasteiger partial charge in [-0.3, -0.25) is 0 Å². The van der Waals surface area contributed by atoms with Gasteiger partial charge in [-0.1, -0.05) is 12.1 Å². The van der Waals surface area contributed by atoms with Crippen LogP contribution in [0, 0.1) is 0 Å². The van der Waals surface area contributed by atoms with Crippen molar-refractivity contribution >= 4 is 15.9 Å². The standard InChI is InChI=1S/C11H21BrN4O2/c1-4-5-13-9(8-18-7-6-17-3)10-11(12)14-15-16(10)2/h9,13H,4-8H2,1-3H3. The maximum atomic E-state index is 5.59. The first-order valence-electron chi connectivity index (χ1n) is 6.05. The van der Waals surface area contributed by atoms with E-state index < -0.39 is 0 Å². The number of nitrogens with one attached hydrogen (secondary N) is 1. The van der Waals surface area contributed by atoms with Crippen LogP contribution in [0.2, 0.25) is 0 Å². The number of rotatable bonds is 9. The largest absolute Gasteiger partial charge is 0.382 e. The molecule has 1 rings (SSSR count). The van der Waals surface area contributed by atoms with Gasteiger partial charge in [-0.2, -0.15) is 0 Å². The van der Waals surface area contributed by atoms with E-state index in [0.717, 1.165) is 23.3 Å². The highest BCUT2D eigenvalue weighted by molar-refractivity contribution is 9.10. The van der Waals surface area contributed by atoms with E-state index in [1.165, 1.54) is 0 Å². The Morgan fingerprint density at radius 3 is 2.78 bits per heavy atom. The molecule has 0 spiro atoms. The zero-order chi connectivity index (χ0) is 13.4. The van der Waals surface area contributed by atoms with Gasteiger partial charge < -0.3 is 14.8 Å². The summed E-state index contributed by atoms with van der Waals surface area (Å²) < 4.78 is 13.1. The lowest BCUT2D eigenvalue weighted by Gasteiger charge is -2.18. The Morgan fingerprint density at radius 2 is 2.22 bits per heavy atom. The van der Waals surface area contributed by atoms with Gasteiger partial charge in [0.15, 0.2) is 4.60 Å². The third-order valence-corrected chi connectivity index (χ3v) is 3.08. The summed E-state index contributed by atoms with van der Waals surface area (Å²) in [6.07, 6.45) is 1.07. The van der Waals surface area contributed by atoms with Gasteiger partial charge in [0.05, 0.1) is 31.6 Å². The number of methoxy groups -OCH3 is 1. The second-order valence-corrected chi connectivity index (χ2v) is 4.71. The molecule has 0 bridgehead atoms. The van der Waals surface area contributed by atoms with Gasteiger partial charge in [-0.15, -0.1) is 5.10 Å². The number of halogens is 1. The van der Waals surface area contributed by atoms with E-state index in [4.69, 9.17) is 9.47 Å².